The molecule has 2 unspecified atom stereocenters. The minimum atomic E-state index is -5.63. The van der Waals surface area contributed by atoms with E-state index < -0.39 is 23.5 Å². The monoisotopic (exact) mass is 270 g/mol. The summed E-state index contributed by atoms with van der Waals surface area (Å²) in [6.45, 7) is 0. The molecular weight excluding hydrogens is 267 g/mol. The van der Waals surface area contributed by atoms with Crippen molar-refractivity contribution < 1.29 is 84.5 Å². The molecule has 3 N–H and O–H groups in total. The van der Waals surface area contributed by atoms with Crippen LogP contribution >= 0.6 is 23.5 Å². The van der Waals surface area contributed by atoms with Crippen molar-refractivity contribution in [3.8, 4) is 0 Å². The first-order valence-corrected chi connectivity index (χ1v) is 6.73. The Morgan fingerprint density at radius 1 is 0.800 bits per heavy atom. The van der Waals surface area contributed by atoms with Gasteiger partial charge in [0.2, 0.25) is 0 Å². The molecular formula is H3Li2O10P3. The second-order valence-corrected chi connectivity index (χ2v) is 5.69. The molecule has 0 radical (unpaired) electrons. The van der Waals surface area contributed by atoms with Crippen molar-refractivity contribution in [1.29, 1.82) is 0 Å². The molecule has 0 spiro atoms. The average molecular weight is 270 g/mol. The minimum absolute atomic E-state index is 0. The van der Waals surface area contributed by atoms with Crippen molar-refractivity contribution >= 4 is 23.5 Å². The van der Waals surface area contributed by atoms with Crippen molar-refractivity contribution in [2.75, 3.05) is 0 Å². The summed E-state index contributed by atoms with van der Waals surface area (Å²) in [5, 5.41) is 0. The molecule has 0 saturated carbocycles. The molecule has 0 rings (SSSR count). The number of rotatable bonds is 4. The van der Waals surface area contributed by atoms with Gasteiger partial charge < -0.3 is 24.5 Å². The van der Waals surface area contributed by atoms with Gasteiger partial charge in [0.15, 0.2) is 0 Å². The van der Waals surface area contributed by atoms with Gasteiger partial charge in [-0.1, -0.05) is 0 Å². The number of phosphoric acid groups is 3. The molecule has 0 fully saturated rings. The van der Waals surface area contributed by atoms with Gasteiger partial charge in [-0.05, 0) is 0 Å². The zero-order valence-electron chi connectivity index (χ0n) is 7.54. The summed E-state index contributed by atoms with van der Waals surface area (Å²) in [6.07, 6.45) is 0. The fourth-order valence-electron chi connectivity index (χ4n) is 0.276. The third-order valence-electron chi connectivity index (χ3n) is 0.413. The molecule has 80 valence electrons. The number of hydrogen-bond acceptors (Lipinski definition) is 7. The van der Waals surface area contributed by atoms with Crippen LogP contribution in [-0.2, 0) is 22.3 Å². The maximum absolute atomic E-state index is 10.3. The fourth-order valence-corrected chi connectivity index (χ4v) is 2.75. The minimum Gasteiger partial charge on any atom is -0.756 e. The van der Waals surface area contributed by atoms with Crippen LogP contribution in [0.1, 0.15) is 0 Å². The Hall–Kier alpha value is 1.60. The molecule has 10 nitrogen and oxygen atoms in total. The van der Waals surface area contributed by atoms with Crippen LogP contribution < -0.4 is 47.5 Å². The Bertz CT molecular complexity index is 281. The zero-order chi connectivity index (χ0) is 10.9. The summed E-state index contributed by atoms with van der Waals surface area (Å²) < 4.78 is 35.7. The average Bonchev–Trinajstić information content (AvgIpc) is 1.43. The second-order valence-electron chi connectivity index (χ2n) is 1.57. The fraction of sp³-hybridized carbons (Fsp3) is 0. The molecule has 0 bridgehead atoms. The van der Waals surface area contributed by atoms with Crippen LogP contribution in [0.3, 0.4) is 0 Å². The van der Waals surface area contributed by atoms with Gasteiger partial charge in [0.05, 0.1) is 0 Å². The molecule has 0 aliphatic heterocycles. The SMILES string of the molecule is O=P([O-])(O)OP(=O)(O)OP(=O)([O-])O.[Li+].[Li+]. The predicted octanol–water partition coefficient (Wildman–Crippen LogP) is -7.95. The van der Waals surface area contributed by atoms with Crippen molar-refractivity contribution in [2.45, 2.75) is 0 Å². The maximum Gasteiger partial charge on any atom is 1.00 e. The van der Waals surface area contributed by atoms with E-state index in [2.05, 4.69) is 8.62 Å². The first-order valence-electron chi connectivity index (χ1n) is 2.24. The normalized spacial score (nSPS) is 22.2. The van der Waals surface area contributed by atoms with Crippen LogP contribution in [0.25, 0.3) is 0 Å². The smallest absolute Gasteiger partial charge is 0.756 e. The third-order valence-corrected chi connectivity index (χ3v) is 3.71. The van der Waals surface area contributed by atoms with E-state index in [1.54, 1.807) is 0 Å². The number of hydrogen-bond donors (Lipinski definition) is 3. The molecule has 0 aromatic rings. The van der Waals surface area contributed by atoms with Gasteiger partial charge in [-0.15, -0.1) is 0 Å². The van der Waals surface area contributed by atoms with E-state index in [9.17, 15) is 23.5 Å². The maximum atomic E-state index is 10.3. The van der Waals surface area contributed by atoms with Crippen LogP contribution in [-0.4, -0.2) is 14.7 Å². The summed E-state index contributed by atoms with van der Waals surface area (Å²) in [6, 6.07) is 0. The predicted molar refractivity (Wildman–Crippen MR) is 31.6 cm³/mol. The summed E-state index contributed by atoms with van der Waals surface area (Å²) in [4.78, 5) is 43.5. The third kappa shape index (κ3) is 15.6. The van der Waals surface area contributed by atoms with Crippen LogP contribution in [0, 0.1) is 0 Å². The summed E-state index contributed by atoms with van der Waals surface area (Å²) in [7, 11) is -16.9. The van der Waals surface area contributed by atoms with E-state index in [1.807, 2.05) is 0 Å². The Balaban J connectivity index is -0.000000720. The van der Waals surface area contributed by atoms with Crippen molar-refractivity contribution in [3.63, 3.8) is 0 Å². The van der Waals surface area contributed by atoms with Gasteiger partial charge in [-0.25, -0.2) is 13.2 Å². The Labute approximate surface area is 108 Å². The Morgan fingerprint density at radius 3 is 1.13 bits per heavy atom. The zero-order valence-corrected chi connectivity index (χ0v) is 10.2. The van der Waals surface area contributed by atoms with E-state index in [0.717, 1.165) is 0 Å². The molecule has 0 aliphatic rings. The van der Waals surface area contributed by atoms with E-state index in [0.29, 0.717) is 0 Å². The standard InChI is InChI=1S/2Li.H5O10P3/c;;1-11(2,3)9-13(7,8)10-12(4,5)6/h;;(H,7,8)(H2,1,2,3)(H2,4,5,6)/q2*+1;/p-2. The molecule has 0 aliphatic carbocycles. The van der Waals surface area contributed by atoms with Gasteiger partial charge in [0, 0.05) is 0 Å². The molecule has 15 heteroatoms. The molecule has 0 saturated heterocycles. The van der Waals surface area contributed by atoms with E-state index in [1.165, 1.54) is 0 Å². The van der Waals surface area contributed by atoms with Gasteiger partial charge in [0.1, 0.15) is 0 Å². The van der Waals surface area contributed by atoms with Crippen LogP contribution in [0.5, 0.6) is 0 Å². The van der Waals surface area contributed by atoms with Crippen molar-refractivity contribution in [1.82, 2.24) is 0 Å². The Kier molecular flexibility index (Phi) is 10.4. The summed E-state index contributed by atoms with van der Waals surface area (Å²) in [5.41, 5.74) is 0. The molecule has 0 heterocycles. The van der Waals surface area contributed by atoms with E-state index >= 15 is 0 Å². The van der Waals surface area contributed by atoms with Crippen LogP contribution in [0.4, 0.5) is 0 Å². The van der Waals surface area contributed by atoms with Crippen LogP contribution in [0.2, 0.25) is 0 Å². The molecule has 2 atom stereocenters. The van der Waals surface area contributed by atoms with Crippen LogP contribution in [0.15, 0.2) is 0 Å². The van der Waals surface area contributed by atoms with Gasteiger partial charge >= 0.3 is 45.5 Å². The van der Waals surface area contributed by atoms with Gasteiger partial charge in [-0.3, -0.25) is 9.13 Å². The topological polar surface area (TPSA) is 176 Å². The van der Waals surface area contributed by atoms with Gasteiger partial charge in [-0.2, -0.15) is 0 Å². The van der Waals surface area contributed by atoms with Crippen molar-refractivity contribution in [2.24, 2.45) is 0 Å². The Morgan fingerprint density at radius 2 is 1.00 bits per heavy atom. The first kappa shape index (κ1) is 21.8. The van der Waals surface area contributed by atoms with Crippen molar-refractivity contribution in [3.05, 3.63) is 0 Å². The van der Waals surface area contributed by atoms with E-state index in [4.69, 9.17) is 14.7 Å². The molecule has 0 aromatic heterocycles. The van der Waals surface area contributed by atoms with E-state index in [-0.39, 0.29) is 37.7 Å². The second kappa shape index (κ2) is 7.13. The van der Waals surface area contributed by atoms with Gasteiger partial charge in [0.25, 0.3) is 15.6 Å². The largest absolute Gasteiger partial charge is 1.00 e. The molecule has 0 amide bonds. The first-order chi connectivity index (χ1) is 5.41. The quantitative estimate of drug-likeness (QED) is 0.328. The molecule has 15 heavy (non-hydrogen) atoms. The summed E-state index contributed by atoms with van der Waals surface area (Å²) >= 11 is 0. The summed E-state index contributed by atoms with van der Waals surface area (Å²) in [5.74, 6) is 0. The molecule has 0 aromatic carbocycles.